The van der Waals surface area contributed by atoms with Gasteiger partial charge in [0, 0.05) is 24.5 Å². The van der Waals surface area contributed by atoms with Gasteiger partial charge in [-0.25, -0.2) is 0 Å². The molecule has 4 N–H and O–H groups in total. The fraction of sp³-hybridized carbons (Fsp3) is 0.684. The van der Waals surface area contributed by atoms with Gasteiger partial charge in [-0.1, -0.05) is 62.8 Å². The van der Waals surface area contributed by atoms with E-state index < -0.39 is 0 Å². The summed E-state index contributed by atoms with van der Waals surface area (Å²) in [5.74, 6) is 1.66. The molecular formula is C38H66Cl4N4O. The molecule has 0 amide bonds. The lowest BCUT2D eigenvalue weighted by molar-refractivity contribution is 0.228. The quantitative estimate of drug-likeness (QED) is 0.213. The van der Waals surface area contributed by atoms with Gasteiger partial charge in [0.15, 0.2) is 0 Å². The number of likely N-dealkylation sites (tertiary alicyclic amines) is 2. The van der Waals surface area contributed by atoms with E-state index in [4.69, 9.17) is 0 Å². The van der Waals surface area contributed by atoms with Crippen LogP contribution < -0.4 is 10.6 Å². The van der Waals surface area contributed by atoms with Crippen molar-refractivity contribution in [2.75, 3.05) is 63.0 Å². The fourth-order valence-corrected chi connectivity index (χ4v) is 7.70. The molecule has 2 saturated carbocycles. The molecular weight excluding hydrogens is 670 g/mol. The van der Waals surface area contributed by atoms with E-state index in [2.05, 4.69) is 69.0 Å². The first kappa shape index (κ1) is 46.1. The van der Waals surface area contributed by atoms with Crippen LogP contribution in [-0.2, 0) is 0 Å². The summed E-state index contributed by atoms with van der Waals surface area (Å²) in [6.07, 6.45) is 22.2. The number of piperidine rings is 2. The summed E-state index contributed by atoms with van der Waals surface area (Å²) in [4.78, 5) is 5.24. The second-order valence-electron chi connectivity index (χ2n) is 13.6. The Hall–Kier alpha value is -0.920. The second kappa shape index (κ2) is 26.9. The molecule has 6 rings (SSSR count). The van der Waals surface area contributed by atoms with Crippen molar-refractivity contribution in [3.05, 3.63) is 59.7 Å². The Kier molecular flexibility index (Phi) is 26.4. The third kappa shape index (κ3) is 16.6. The Labute approximate surface area is 312 Å². The Morgan fingerprint density at radius 1 is 0.447 bits per heavy atom. The molecule has 0 spiro atoms. The largest absolute Gasteiger partial charge is 0.412 e. The van der Waals surface area contributed by atoms with Gasteiger partial charge in [-0.15, -0.1) is 49.6 Å². The number of halogens is 4. The molecule has 4 aliphatic rings. The number of nitrogens with one attached hydrogen (secondary N) is 2. The summed E-state index contributed by atoms with van der Waals surface area (Å²) in [5.41, 5.74) is 5.67. The first-order valence-electron chi connectivity index (χ1n) is 18.0. The van der Waals surface area contributed by atoms with Crippen molar-refractivity contribution in [2.24, 2.45) is 0 Å². The molecule has 2 aliphatic carbocycles. The highest BCUT2D eigenvalue weighted by atomic mass is 35.5. The molecule has 2 aliphatic heterocycles. The normalized spacial score (nSPS) is 18.6. The lowest BCUT2D eigenvalue weighted by Gasteiger charge is -2.26. The van der Waals surface area contributed by atoms with E-state index in [9.17, 15) is 0 Å². The van der Waals surface area contributed by atoms with Gasteiger partial charge in [-0.3, -0.25) is 0 Å². The van der Waals surface area contributed by atoms with E-state index in [1.807, 2.05) is 0 Å². The lowest BCUT2D eigenvalue weighted by atomic mass is 9.98. The van der Waals surface area contributed by atoms with Gasteiger partial charge in [0.25, 0.3) is 0 Å². The van der Waals surface area contributed by atoms with Crippen molar-refractivity contribution in [1.29, 1.82) is 0 Å². The predicted octanol–water partition coefficient (Wildman–Crippen LogP) is 10.1. The third-order valence-corrected chi connectivity index (χ3v) is 10.3. The average Bonchev–Trinajstić information content (AvgIpc) is 3.79. The Morgan fingerprint density at radius 2 is 0.766 bits per heavy atom. The molecule has 2 heterocycles. The van der Waals surface area contributed by atoms with Gasteiger partial charge in [-0.2, -0.15) is 0 Å². The fourth-order valence-electron chi connectivity index (χ4n) is 7.70. The number of hydrogen-bond acceptors (Lipinski definition) is 4. The van der Waals surface area contributed by atoms with Crippen molar-refractivity contribution >= 4 is 61.0 Å². The Morgan fingerprint density at radius 3 is 1.09 bits per heavy atom. The molecule has 2 aromatic carbocycles. The molecule has 272 valence electrons. The van der Waals surface area contributed by atoms with E-state index in [-0.39, 0.29) is 55.1 Å². The minimum absolute atomic E-state index is 0. The standard InChI is InChI=1S/2C19H30N2.4ClH.H2O/c2*1-4-14-21(15-5-1)16-6-13-20-19-11-9-18(10-12-19)17-7-2-3-8-17;;;;;/h2*9-12,17,20H,1-8,13-16H2;4*1H;1H2. The molecule has 5 nitrogen and oxygen atoms in total. The zero-order chi connectivity index (χ0) is 28.7. The molecule has 9 heteroatoms. The first-order valence-corrected chi connectivity index (χ1v) is 18.0. The van der Waals surface area contributed by atoms with E-state index >= 15 is 0 Å². The third-order valence-electron chi connectivity index (χ3n) is 10.3. The maximum atomic E-state index is 3.58. The van der Waals surface area contributed by atoms with Gasteiger partial charge in [0.1, 0.15) is 0 Å². The van der Waals surface area contributed by atoms with Crippen LogP contribution in [0.5, 0.6) is 0 Å². The van der Waals surface area contributed by atoms with Crippen LogP contribution in [0.3, 0.4) is 0 Å². The van der Waals surface area contributed by atoms with Crippen molar-refractivity contribution in [3.8, 4) is 0 Å². The van der Waals surface area contributed by atoms with E-state index in [0.29, 0.717) is 0 Å². The number of benzene rings is 2. The zero-order valence-corrected chi connectivity index (χ0v) is 32.0. The molecule has 47 heavy (non-hydrogen) atoms. The maximum Gasteiger partial charge on any atom is 0.0340 e. The molecule has 0 unspecified atom stereocenters. The molecule has 0 atom stereocenters. The minimum atomic E-state index is 0. The van der Waals surface area contributed by atoms with Gasteiger partial charge >= 0.3 is 0 Å². The van der Waals surface area contributed by atoms with Crippen LogP contribution in [0.1, 0.15) is 126 Å². The summed E-state index contributed by atoms with van der Waals surface area (Å²) in [5, 5.41) is 7.15. The van der Waals surface area contributed by atoms with Crippen molar-refractivity contribution in [1.82, 2.24) is 9.80 Å². The number of hydrogen-bond donors (Lipinski definition) is 2. The summed E-state index contributed by atoms with van der Waals surface area (Å²) in [6.45, 7) is 9.97. The van der Waals surface area contributed by atoms with Crippen molar-refractivity contribution in [2.45, 2.75) is 115 Å². The summed E-state index contributed by atoms with van der Waals surface area (Å²) in [6, 6.07) is 18.4. The van der Waals surface area contributed by atoms with Gasteiger partial charge in [0.05, 0.1) is 0 Å². The topological polar surface area (TPSA) is 62.0 Å². The highest BCUT2D eigenvalue weighted by Crippen LogP contribution is 2.35. The highest BCUT2D eigenvalue weighted by Gasteiger charge is 2.17. The van der Waals surface area contributed by atoms with Gasteiger partial charge < -0.3 is 25.9 Å². The first-order chi connectivity index (χ1) is 20.8. The summed E-state index contributed by atoms with van der Waals surface area (Å²) >= 11 is 0. The predicted molar refractivity (Wildman–Crippen MR) is 215 cm³/mol. The lowest BCUT2D eigenvalue weighted by Crippen LogP contribution is -2.31. The number of nitrogens with zero attached hydrogens (tertiary/aromatic N) is 2. The van der Waals surface area contributed by atoms with E-state index in [1.165, 1.54) is 153 Å². The maximum absolute atomic E-state index is 3.58. The van der Waals surface area contributed by atoms with Crippen molar-refractivity contribution < 1.29 is 5.48 Å². The minimum Gasteiger partial charge on any atom is -0.412 e. The zero-order valence-electron chi connectivity index (χ0n) is 28.8. The average molecular weight is 737 g/mol. The highest BCUT2D eigenvalue weighted by molar-refractivity contribution is 5.86. The van der Waals surface area contributed by atoms with E-state index in [1.54, 1.807) is 11.1 Å². The molecule has 0 radical (unpaired) electrons. The summed E-state index contributed by atoms with van der Waals surface area (Å²) < 4.78 is 0. The Balaban J connectivity index is 0.000000814. The number of rotatable bonds is 12. The second-order valence-corrected chi connectivity index (χ2v) is 13.6. The van der Waals surface area contributed by atoms with Crippen LogP contribution >= 0.6 is 49.6 Å². The molecule has 2 aromatic rings. The molecule has 4 fully saturated rings. The van der Waals surface area contributed by atoms with Crippen LogP contribution in [0.15, 0.2) is 48.5 Å². The molecule has 0 bridgehead atoms. The Bertz CT molecular complexity index is 908. The van der Waals surface area contributed by atoms with Crippen LogP contribution in [0.2, 0.25) is 0 Å². The van der Waals surface area contributed by atoms with Crippen LogP contribution in [-0.4, -0.2) is 67.6 Å². The smallest absolute Gasteiger partial charge is 0.0340 e. The SMILES string of the molecule is Cl.Cl.Cl.Cl.O.c1cc(C2CCCC2)ccc1NCCCN1CCCCC1.c1cc(C2CCCC2)ccc1NCCCN1CCCCC1. The van der Waals surface area contributed by atoms with Gasteiger partial charge in [0.2, 0.25) is 0 Å². The van der Waals surface area contributed by atoms with Crippen LogP contribution in [0, 0.1) is 0 Å². The monoisotopic (exact) mass is 734 g/mol. The van der Waals surface area contributed by atoms with Gasteiger partial charge in [-0.05, 0) is 151 Å². The molecule has 0 aromatic heterocycles. The van der Waals surface area contributed by atoms with Crippen molar-refractivity contribution in [3.63, 3.8) is 0 Å². The molecule has 2 saturated heterocycles. The van der Waals surface area contributed by atoms with Crippen LogP contribution in [0.4, 0.5) is 11.4 Å². The summed E-state index contributed by atoms with van der Waals surface area (Å²) in [7, 11) is 0. The van der Waals surface area contributed by atoms with Crippen LogP contribution in [0.25, 0.3) is 0 Å². The van der Waals surface area contributed by atoms with E-state index in [0.717, 1.165) is 24.9 Å². The number of anilines is 2.